The lowest BCUT2D eigenvalue weighted by Crippen LogP contribution is -2.50. The van der Waals surface area contributed by atoms with Gasteiger partial charge in [0.2, 0.25) is 11.8 Å². The van der Waals surface area contributed by atoms with Crippen LogP contribution in [0.4, 0.5) is 16.2 Å². The van der Waals surface area contributed by atoms with Crippen molar-refractivity contribution in [2.45, 2.75) is 95.6 Å². The number of fused-ring (bicyclic) bond motifs is 2. The van der Waals surface area contributed by atoms with Crippen LogP contribution in [0, 0.1) is 5.92 Å². The number of carbonyl (C=O) groups excluding carboxylic acids is 3. The highest BCUT2D eigenvalue weighted by atomic mass is 16.6. The zero-order chi connectivity index (χ0) is 25.1. The van der Waals surface area contributed by atoms with Crippen LogP contribution in [0.2, 0.25) is 0 Å². The molecule has 1 aromatic rings. The molecule has 1 aliphatic carbocycles. The quantitative estimate of drug-likeness (QED) is 0.564. The highest BCUT2D eigenvalue weighted by Gasteiger charge is 2.47. The molecule has 8 heteroatoms. The third-order valence-corrected chi connectivity index (χ3v) is 7.41. The summed E-state index contributed by atoms with van der Waals surface area (Å²) in [5.41, 5.74) is 1.10. The Bertz CT molecular complexity index is 941. The van der Waals surface area contributed by atoms with Gasteiger partial charge in [0.15, 0.2) is 0 Å². The maximum atomic E-state index is 13.5. The predicted octanol–water partition coefficient (Wildman–Crippen LogP) is 4.88. The van der Waals surface area contributed by atoms with E-state index >= 15 is 0 Å². The van der Waals surface area contributed by atoms with Crippen LogP contribution in [-0.4, -0.2) is 42.8 Å². The summed E-state index contributed by atoms with van der Waals surface area (Å²) in [4.78, 5) is 38.9. The Morgan fingerprint density at radius 3 is 2.40 bits per heavy atom. The fraction of sp³-hybridized carbons (Fsp3) is 0.667. The molecule has 2 heterocycles. The first kappa shape index (κ1) is 25.5. The van der Waals surface area contributed by atoms with Crippen LogP contribution in [0.5, 0.6) is 0 Å². The molecule has 1 atom stereocenters. The van der Waals surface area contributed by atoms with Gasteiger partial charge >= 0.3 is 6.09 Å². The average Bonchev–Trinajstić information content (AvgIpc) is 3.02. The van der Waals surface area contributed by atoms with Crippen molar-refractivity contribution < 1.29 is 23.9 Å². The molecule has 0 bridgehead atoms. The summed E-state index contributed by atoms with van der Waals surface area (Å²) >= 11 is 0. The second-order valence-electron chi connectivity index (χ2n) is 11.1. The molecular weight excluding hydrogens is 446 g/mol. The Labute approximate surface area is 207 Å². The van der Waals surface area contributed by atoms with Gasteiger partial charge in [-0.1, -0.05) is 38.2 Å². The van der Waals surface area contributed by atoms with Gasteiger partial charge in [-0.2, -0.15) is 0 Å². The molecule has 4 rings (SSSR count). The summed E-state index contributed by atoms with van der Waals surface area (Å²) < 4.78 is 10.9. The molecule has 1 aromatic carbocycles. The van der Waals surface area contributed by atoms with Crippen LogP contribution in [0.25, 0.3) is 0 Å². The lowest BCUT2D eigenvalue weighted by atomic mass is 9.75. The lowest BCUT2D eigenvalue weighted by Gasteiger charge is -2.31. The van der Waals surface area contributed by atoms with Gasteiger partial charge < -0.3 is 25.4 Å². The minimum atomic E-state index is -0.687. The van der Waals surface area contributed by atoms with Crippen LogP contribution >= 0.6 is 0 Å². The highest BCUT2D eigenvalue weighted by Crippen LogP contribution is 2.45. The normalized spacial score (nSPS) is 21.3. The molecule has 3 aliphatic rings. The summed E-state index contributed by atoms with van der Waals surface area (Å²) in [5.74, 6) is -0.216. The molecule has 1 spiro atoms. The Morgan fingerprint density at radius 2 is 1.74 bits per heavy atom. The number of anilines is 2. The monoisotopic (exact) mass is 485 g/mol. The summed E-state index contributed by atoms with van der Waals surface area (Å²) in [5, 5.41) is 8.86. The number of hydrogen-bond acceptors (Lipinski definition) is 5. The van der Waals surface area contributed by atoms with Gasteiger partial charge in [0.05, 0.1) is 5.41 Å². The molecule has 1 unspecified atom stereocenters. The van der Waals surface area contributed by atoms with E-state index < -0.39 is 23.2 Å². The molecule has 0 aromatic heterocycles. The fourth-order valence-corrected chi connectivity index (χ4v) is 5.60. The largest absolute Gasteiger partial charge is 0.444 e. The van der Waals surface area contributed by atoms with Crippen LogP contribution in [0.3, 0.4) is 0 Å². The fourth-order valence-electron chi connectivity index (χ4n) is 5.60. The van der Waals surface area contributed by atoms with E-state index in [4.69, 9.17) is 9.47 Å². The highest BCUT2D eigenvalue weighted by molar-refractivity contribution is 6.07. The van der Waals surface area contributed by atoms with Gasteiger partial charge in [0.1, 0.15) is 11.6 Å². The third kappa shape index (κ3) is 5.97. The molecule has 35 heavy (non-hydrogen) atoms. The predicted molar refractivity (Wildman–Crippen MR) is 134 cm³/mol. The van der Waals surface area contributed by atoms with E-state index in [1.165, 1.54) is 6.42 Å². The molecule has 2 aliphatic heterocycles. The zero-order valence-electron chi connectivity index (χ0n) is 21.2. The van der Waals surface area contributed by atoms with Crippen LogP contribution in [0.15, 0.2) is 18.2 Å². The summed E-state index contributed by atoms with van der Waals surface area (Å²) in [6.07, 6.45) is 8.10. The molecule has 2 fully saturated rings. The van der Waals surface area contributed by atoms with Crippen molar-refractivity contribution in [1.82, 2.24) is 5.32 Å². The molecule has 8 nitrogen and oxygen atoms in total. The minimum absolute atomic E-state index is 0.00161. The molecular formula is C27H39N3O5. The SMILES string of the molecule is CC(C)(C)OC(=O)NC(C(=O)Nc1ccc2c(c1)NC(=O)C21CCOCC1)C1CCCCCCC1. The third-order valence-electron chi connectivity index (χ3n) is 7.41. The minimum Gasteiger partial charge on any atom is -0.444 e. The Hall–Kier alpha value is -2.61. The van der Waals surface area contributed by atoms with Gasteiger partial charge in [0.25, 0.3) is 0 Å². The standard InChI is InChI=1S/C27H39N3O5/c1-26(2,3)35-25(33)30-22(18-9-7-5-4-6-8-10-18)23(31)28-19-11-12-20-21(17-19)29-24(32)27(20)13-15-34-16-14-27/h11-12,17-18,22H,4-10,13-16H2,1-3H3,(H,28,31)(H,29,32)(H,30,33). The number of ether oxygens (including phenoxy) is 2. The van der Waals surface area contributed by atoms with E-state index in [-0.39, 0.29) is 17.7 Å². The maximum Gasteiger partial charge on any atom is 0.408 e. The lowest BCUT2D eigenvalue weighted by molar-refractivity contribution is -0.124. The number of amides is 3. The van der Waals surface area contributed by atoms with Crippen LogP contribution in [0.1, 0.15) is 84.1 Å². The second-order valence-corrected chi connectivity index (χ2v) is 11.1. The van der Waals surface area contributed by atoms with Crippen LogP contribution < -0.4 is 16.0 Å². The molecule has 3 amide bonds. The Balaban J connectivity index is 1.51. The average molecular weight is 486 g/mol. The summed E-state index contributed by atoms with van der Waals surface area (Å²) in [6, 6.07) is 4.91. The van der Waals surface area contributed by atoms with Crippen molar-refractivity contribution in [3.8, 4) is 0 Å². The van der Waals surface area contributed by atoms with E-state index in [1.807, 2.05) is 39.0 Å². The van der Waals surface area contributed by atoms with Crippen molar-refractivity contribution in [3.05, 3.63) is 23.8 Å². The van der Waals surface area contributed by atoms with Gasteiger partial charge in [-0.3, -0.25) is 9.59 Å². The van der Waals surface area contributed by atoms with Crippen molar-refractivity contribution in [1.29, 1.82) is 0 Å². The number of carbonyl (C=O) groups is 3. The van der Waals surface area contributed by atoms with E-state index in [0.29, 0.717) is 31.7 Å². The molecule has 1 saturated carbocycles. The second kappa shape index (κ2) is 10.6. The number of rotatable bonds is 4. The molecule has 192 valence electrons. The number of alkyl carbamates (subject to hydrolysis) is 1. The molecule has 1 saturated heterocycles. The molecule has 0 radical (unpaired) electrons. The summed E-state index contributed by atoms with van der Waals surface area (Å²) in [6.45, 7) is 6.54. The zero-order valence-corrected chi connectivity index (χ0v) is 21.2. The number of nitrogens with one attached hydrogen (secondary N) is 3. The van der Waals surface area contributed by atoms with Gasteiger partial charge in [-0.05, 0) is 70.1 Å². The first-order valence-electron chi connectivity index (χ1n) is 13.0. The number of benzene rings is 1. The van der Waals surface area contributed by atoms with Gasteiger partial charge in [-0.25, -0.2) is 4.79 Å². The van der Waals surface area contributed by atoms with E-state index in [0.717, 1.165) is 49.8 Å². The smallest absolute Gasteiger partial charge is 0.408 e. The van der Waals surface area contributed by atoms with Crippen molar-refractivity contribution in [2.75, 3.05) is 23.8 Å². The maximum absolute atomic E-state index is 13.5. The summed E-state index contributed by atoms with van der Waals surface area (Å²) in [7, 11) is 0. The van der Waals surface area contributed by atoms with E-state index in [1.54, 1.807) is 0 Å². The first-order valence-corrected chi connectivity index (χ1v) is 13.0. The van der Waals surface area contributed by atoms with E-state index in [9.17, 15) is 14.4 Å². The van der Waals surface area contributed by atoms with Gasteiger partial charge in [-0.15, -0.1) is 0 Å². The Kier molecular flexibility index (Phi) is 7.69. The van der Waals surface area contributed by atoms with Crippen LogP contribution in [-0.2, 0) is 24.5 Å². The topological polar surface area (TPSA) is 106 Å². The Morgan fingerprint density at radius 1 is 1.09 bits per heavy atom. The van der Waals surface area contributed by atoms with Crippen molar-refractivity contribution in [2.24, 2.45) is 5.92 Å². The van der Waals surface area contributed by atoms with Crippen molar-refractivity contribution in [3.63, 3.8) is 0 Å². The van der Waals surface area contributed by atoms with Crippen molar-refractivity contribution >= 4 is 29.3 Å². The molecule has 3 N–H and O–H groups in total. The van der Waals surface area contributed by atoms with E-state index in [2.05, 4.69) is 16.0 Å². The van der Waals surface area contributed by atoms with Gasteiger partial charge in [0, 0.05) is 24.6 Å². The number of hydrogen-bond donors (Lipinski definition) is 3. The first-order chi connectivity index (χ1) is 16.7.